The quantitative estimate of drug-likeness (QED) is 0.189. The lowest BCUT2D eigenvalue weighted by Crippen LogP contribution is -2.56. The number of piperazine rings is 1. The van der Waals surface area contributed by atoms with E-state index < -0.39 is 23.8 Å². The average Bonchev–Trinajstić information content (AvgIpc) is 3.88. The number of amides is 1. The van der Waals surface area contributed by atoms with Crippen molar-refractivity contribution in [3.8, 4) is 6.01 Å². The predicted molar refractivity (Wildman–Crippen MR) is 197 cm³/mol. The lowest BCUT2D eigenvalue weighted by atomic mass is 10.1. The number of fused-ring (bicyclic) bond motifs is 2. The summed E-state index contributed by atoms with van der Waals surface area (Å²) in [7, 11) is 2.10. The molecule has 5 heterocycles. The molecule has 5 aromatic rings. The monoisotopic (exact) mass is 720 g/mol. The molecule has 276 valence electrons. The van der Waals surface area contributed by atoms with E-state index in [0.717, 1.165) is 41.6 Å². The molecule has 15 nitrogen and oxygen atoms in total. The molecule has 0 N–H and O–H groups in total. The van der Waals surface area contributed by atoms with Crippen molar-refractivity contribution in [3.05, 3.63) is 89.2 Å². The number of hydrogen-bond acceptors (Lipinski definition) is 11. The molecule has 2 aliphatic rings. The van der Waals surface area contributed by atoms with Gasteiger partial charge < -0.3 is 28.9 Å². The maximum atomic E-state index is 13.3. The summed E-state index contributed by atoms with van der Waals surface area (Å²) in [4.78, 5) is 45.5. The molecule has 0 aliphatic carbocycles. The number of imidazole rings is 1. The number of rotatable bonds is 9. The van der Waals surface area contributed by atoms with Gasteiger partial charge >= 0.3 is 18.2 Å². The van der Waals surface area contributed by atoms with Gasteiger partial charge in [-0.1, -0.05) is 42.5 Å². The summed E-state index contributed by atoms with van der Waals surface area (Å²) < 4.78 is 20.6. The van der Waals surface area contributed by atoms with Gasteiger partial charge in [0.15, 0.2) is 11.5 Å². The lowest BCUT2D eigenvalue weighted by Gasteiger charge is -2.39. The van der Waals surface area contributed by atoms with Gasteiger partial charge in [0.05, 0.1) is 23.6 Å². The molecule has 0 unspecified atom stereocenters. The van der Waals surface area contributed by atoms with Crippen molar-refractivity contribution < 1.29 is 23.8 Å². The van der Waals surface area contributed by atoms with Crippen molar-refractivity contribution in [3.63, 3.8) is 0 Å². The molecular formula is C38H44N10O5. The minimum atomic E-state index is -0.665. The highest BCUT2D eigenvalue weighted by molar-refractivity contribution is 5.90. The standard InChI is InChI=1S/C38H44N10O5/c1-38(2,3)53-37(50)48-32-15-9-13-27(31(32)22-41-48)19-29-21-40-33-34(42-35(43-47(29)33)51-25-28-14-10-16-44(28)5)45-17-18-46(30(23-45)20-39-4)36(49)52-24-26-11-7-6-8-12-26/h6-9,11-13,15,21-22,28,30H,10,14,16-20,23-25H2,1-3,5H3/t28-,30-/m0/s1. The molecule has 1 amide bonds. The predicted octanol–water partition coefficient (Wildman–Crippen LogP) is 5.07. The van der Waals surface area contributed by atoms with Crippen molar-refractivity contribution in [2.24, 2.45) is 0 Å². The molecule has 53 heavy (non-hydrogen) atoms. The Hall–Kier alpha value is -5.75. The van der Waals surface area contributed by atoms with E-state index in [-0.39, 0.29) is 25.2 Å². The van der Waals surface area contributed by atoms with E-state index in [1.165, 1.54) is 4.68 Å². The van der Waals surface area contributed by atoms with Crippen LogP contribution in [0.15, 0.2) is 60.9 Å². The molecule has 2 fully saturated rings. The SMILES string of the molecule is [C-]#[N+]C[C@H]1CN(c2nc(OC[C@@H]3CCCN3C)nn3c(Cc4cccc5c4cnn5C(=O)OC(C)(C)C)cnc23)CCN1C(=O)OCc1ccccc1. The average molecular weight is 721 g/mol. The summed E-state index contributed by atoms with van der Waals surface area (Å²) in [6, 6.07) is 15.3. The third-order valence-electron chi connectivity index (χ3n) is 9.64. The van der Waals surface area contributed by atoms with Gasteiger partial charge in [-0.05, 0) is 64.4 Å². The van der Waals surface area contributed by atoms with E-state index >= 15 is 0 Å². The number of anilines is 1. The number of hydrogen-bond donors (Lipinski definition) is 0. The number of carbonyl (C=O) groups is 2. The van der Waals surface area contributed by atoms with Crippen LogP contribution in [0.3, 0.4) is 0 Å². The maximum Gasteiger partial charge on any atom is 0.435 e. The molecule has 0 bridgehead atoms. The first-order chi connectivity index (χ1) is 25.6. The van der Waals surface area contributed by atoms with Gasteiger partial charge in [-0.2, -0.15) is 14.8 Å². The van der Waals surface area contributed by atoms with Crippen LogP contribution in [0, 0.1) is 6.57 Å². The fraction of sp³-hybridized carbons (Fsp3) is 0.447. The number of likely N-dealkylation sites (N-methyl/N-ethyl adjacent to an activating group) is 1. The summed E-state index contributed by atoms with van der Waals surface area (Å²) in [6.45, 7) is 16.0. The van der Waals surface area contributed by atoms with Crippen molar-refractivity contribution in [2.45, 2.75) is 64.3 Å². The highest BCUT2D eigenvalue weighted by atomic mass is 16.6. The van der Waals surface area contributed by atoms with Gasteiger partial charge in [-0.15, -0.1) is 5.10 Å². The summed E-state index contributed by atoms with van der Waals surface area (Å²) in [6.07, 6.45) is 5.02. The number of benzene rings is 2. The Morgan fingerprint density at radius 2 is 1.83 bits per heavy atom. The number of carbonyl (C=O) groups excluding carboxylic acids is 2. The van der Waals surface area contributed by atoms with Crippen molar-refractivity contribution >= 4 is 34.6 Å². The second kappa shape index (κ2) is 15.1. The number of likely N-dealkylation sites (tertiary alicyclic amines) is 1. The summed E-state index contributed by atoms with van der Waals surface area (Å²) >= 11 is 0. The molecule has 2 aromatic carbocycles. The molecule has 2 saturated heterocycles. The third kappa shape index (κ3) is 7.87. The first-order valence-corrected chi connectivity index (χ1v) is 17.9. The van der Waals surface area contributed by atoms with Gasteiger partial charge in [0, 0.05) is 37.5 Å². The normalized spacial score (nSPS) is 18.0. The van der Waals surface area contributed by atoms with Gasteiger partial charge in [-0.3, -0.25) is 4.90 Å². The first kappa shape index (κ1) is 35.6. The Kier molecular flexibility index (Phi) is 10.1. The molecule has 2 aliphatic heterocycles. The topological polar surface area (TPSA) is 137 Å². The Balaban J connectivity index is 1.18. The fourth-order valence-electron chi connectivity index (χ4n) is 6.91. The van der Waals surface area contributed by atoms with E-state index in [4.69, 9.17) is 35.8 Å². The number of ether oxygens (including phenoxy) is 3. The Bertz CT molecular complexity index is 2140. The molecular weight excluding hydrogens is 676 g/mol. The van der Waals surface area contributed by atoms with E-state index in [9.17, 15) is 9.59 Å². The lowest BCUT2D eigenvalue weighted by molar-refractivity contribution is 0.0522. The van der Waals surface area contributed by atoms with Gasteiger partial charge in [-0.25, -0.2) is 25.7 Å². The van der Waals surface area contributed by atoms with Crippen molar-refractivity contribution in [2.75, 3.05) is 51.3 Å². The third-order valence-corrected chi connectivity index (χ3v) is 9.64. The summed E-state index contributed by atoms with van der Waals surface area (Å²) in [5.74, 6) is 0.560. The second-order valence-corrected chi connectivity index (χ2v) is 14.5. The van der Waals surface area contributed by atoms with Gasteiger partial charge in [0.1, 0.15) is 24.9 Å². The first-order valence-electron chi connectivity index (χ1n) is 17.9. The van der Waals surface area contributed by atoms with E-state index in [1.807, 2.05) is 74.2 Å². The van der Waals surface area contributed by atoms with Crippen LogP contribution < -0.4 is 9.64 Å². The smallest absolute Gasteiger partial charge is 0.435 e. The molecule has 0 radical (unpaired) electrons. The Labute approximate surface area is 307 Å². The number of nitrogens with zero attached hydrogens (tertiary/aromatic N) is 10. The van der Waals surface area contributed by atoms with Crippen molar-refractivity contribution in [1.29, 1.82) is 0 Å². The van der Waals surface area contributed by atoms with Crippen molar-refractivity contribution in [1.82, 2.24) is 39.2 Å². The van der Waals surface area contributed by atoms with Crippen LogP contribution in [0.5, 0.6) is 6.01 Å². The zero-order valence-electron chi connectivity index (χ0n) is 30.5. The van der Waals surface area contributed by atoms with Crippen LogP contribution in [-0.2, 0) is 22.5 Å². The van der Waals surface area contributed by atoms with Crippen LogP contribution in [0.4, 0.5) is 15.4 Å². The Morgan fingerprint density at radius 3 is 2.58 bits per heavy atom. The van der Waals surface area contributed by atoms with Crippen LogP contribution in [-0.4, -0.2) is 115 Å². The fourth-order valence-corrected chi connectivity index (χ4v) is 6.91. The summed E-state index contributed by atoms with van der Waals surface area (Å²) in [5, 5.41) is 9.99. The number of aromatic nitrogens is 6. The zero-order valence-corrected chi connectivity index (χ0v) is 30.5. The second-order valence-electron chi connectivity index (χ2n) is 14.5. The largest absolute Gasteiger partial charge is 0.461 e. The van der Waals surface area contributed by atoms with Crippen LogP contribution >= 0.6 is 0 Å². The van der Waals surface area contributed by atoms with Crippen LogP contribution in [0.1, 0.15) is 50.4 Å². The minimum absolute atomic E-state index is 0.107. The van der Waals surface area contributed by atoms with E-state index in [0.29, 0.717) is 49.6 Å². The van der Waals surface area contributed by atoms with Crippen LogP contribution in [0.2, 0.25) is 0 Å². The van der Waals surface area contributed by atoms with Gasteiger partial charge in [0.2, 0.25) is 6.54 Å². The highest BCUT2D eigenvalue weighted by Gasteiger charge is 2.36. The van der Waals surface area contributed by atoms with Crippen LogP contribution in [0.25, 0.3) is 21.4 Å². The molecule has 15 heteroatoms. The van der Waals surface area contributed by atoms with E-state index in [1.54, 1.807) is 21.8 Å². The molecule has 3 aromatic heterocycles. The van der Waals surface area contributed by atoms with Gasteiger partial charge in [0.25, 0.3) is 0 Å². The Morgan fingerprint density at radius 1 is 1.00 bits per heavy atom. The minimum Gasteiger partial charge on any atom is -0.461 e. The van der Waals surface area contributed by atoms with E-state index in [2.05, 4.69) is 21.9 Å². The molecule has 0 saturated carbocycles. The molecule has 7 rings (SSSR count). The molecule has 2 atom stereocenters. The zero-order chi connectivity index (χ0) is 37.1. The summed E-state index contributed by atoms with van der Waals surface area (Å²) in [5.41, 5.74) is 3.10. The highest BCUT2D eigenvalue weighted by Crippen LogP contribution is 2.28. The molecule has 0 spiro atoms. The maximum absolute atomic E-state index is 13.3.